The molecular formula is C37H59N3O3. The van der Waals surface area contributed by atoms with Gasteiger partial charge >= 0.3 is 0 Å². The standard InChI is InChI=1S/C37H59N3O3/c1-6-8-25-10-14-27(15-11-25)34(41)38-31-22-32(39-35(42)28-16-12-26(9-7-2)13-17-28)24-33(23-31)40-36(43)29-18-20-30(21-19-29)37(3,4)5/h22-30H,6-21H2,1-5H3,(H,38,41)(H,39,42)(H,40,43). The Bertz CT molecular complexity index is 1010. The van der Waals surface area contributed by atoms with E-state index in [0.29, 0.717) is 23.0 Å². The summed E-state index contributed by atoms with van der Waals surface area (Å²) in [7, 11) is 0. The molecule has 6 heteroatoms. The Labute approximate surface area is 261 Å². The predicted molar refractivity (Wildman–Crippen MR) is 178 cm³/mol. The van der Waals surface area contributed by atoms with E-state index in [-0.39, 0.29) is 40.9 Å². The van der Waals surface area contributed by atoms with E-state index in [1.165, 1.54) is 25.7 Å². The maximum absolute atomic E-state index is 13.4. The summed E-state index contributed by atoms with van der Waals surface area (Å²) in [5, 5.41) is 9.44. The molecule has 0 spiro atoms. The number of nitrogens with one attached hydrogen (secondary N) is 3. The van der Waals surface area contributed by atoms with Crippen LogP contribution in [0, 0.1) is 40.9 Å². The average Bonchev–Trinajstić information content (AvgIpc) is 2.97. The third kappa shape index (κ3) is 9.81. The molecule has 0 aromatic heterocycles. The molecule has 0 radical (unpaired) electrons. The molecule has 3 aliphatic carbocycles. The fourth-order valence-corrected chi connectivity index (χ4v) is 8.04. The molecule has 1 aromatic rings. The number of carbonyl (C=O) groups excluding carboxylic acids is 3. The predicted octanol–water partition coefficient (Wildman–Crippen LogP) is 9.57. The van der Waals surface area contributed by atoms with Crippen LogP contribution in [0.25, 0.3) is 0 Å². The van der Waals surface area contributed by atoms with Gasteiger partial charge in [0.2, 0.25) is 17.7 Å². The van der Waals surface area contributed by atoms with Gasteiger partial charge in [0.25, 0.3) is 0 Å². The zero-order chi connectivity index (χ0) is 31.0. The number of hydrogen-bond acceptors (Lipinski definition) is 3. The number of anilines is 3. The van der Waals surface area contributed by atoms with E-state index < -0.39 is 0 Å². The molecule has 1 aromatic carbocycles. The first-order valence-electron chi connectivity index (χ1n) is 17.6. The lowest BCUT2D eigenvalue weighted by Gasteiger charge is -2.36. The van der Waals surface area contributed by atoms with Crippen LogP contribution in [0.5, 0.6) is 0 Å². The number of carbonyl (C=O) groups is 3. The lowest BCUT2D eigenvalue weighted by Crippen LogP contribution is -2.31. The van der Waals surface area contributed by atoms with Crippen molar-refractivity contribution in [3.63, 3.8) is 0 Å². The van der Waals surface area contributed by atoms with Gasteiger partial charge in [0.05, 0.1) is 0 Å². The van der Waals surface area contributed by atoms with Gasteiger partial charge in [-0.15, -0.1) is 0 Å². The van der Waals surface area contributed by atoms with Crippen LogP contribution in [0.4, 0.5) is 17.1 Å². The maximum atomic E-state index is 13.4. The van der Waals surface area contributed by atoms with E-state index in [9.17, 15) is 14.4 Å². The number of benzene rings is 1. The molecule has 0 bridgehead atoms. The zero-order valence-electron chi connectivity index (χ0n) is 27.7. The Balaban J connectivity index is 1.43. The molecule has 3 fully saturated rings. The first-order chi connectivity index (χ1) is 20.5. The summed E-state index contributed by atoms with van der Waals surface area (Å²) >= 11 is 0. The van der Waals surface area contributed by atoms with Crippen molar-refractivity contribution in [3.05, 3.63) is 18.2 Å². The van der Waals surface area contributed by atoms with Crippen LogP contribution in [0.15, 0.2) is 18.2 Å². The highest BCUT2D eigenvalue weighted by Gasteiger charge is 2.33. The molecule has 3 saturated carbocycles. The van der Waals surface area contributed by atoms with Crippen molar-refractivity contribution >= 4 is 34.8 Å². The molecule has 0 heterocycles. The van der Waals surface area contributed by atoms with Crippen molar-refractivity contribution in [2.24, 2.45) is 40.9 Å². The summed E-state index contributed by atoms with van der Waals surface area (Å²) in [5.74, 6) is 2.28. The van der Waals surface area contributed by atoms with E-state index in [1.54, 1.807) is 0 Å². The first kappa shape index (κ1) is 33.5. The molecule has 0 saturated heterocycles. The topological polar surface area (TPSA) is 87.3 Å². The van der Waals surface area contributed by atoms with Crippen LogP contribution in [0.3, 0.4) is 0 Å². The van der Waals surface area contributed by atoms with Crippen molar-refractivity contribution in [1.82, 2.24) is 0 Å². The normalized spacial score (nSPS) is 28.1. The van der Waals surface area contributed by atoms with E-state index in [1.807, 2.05) is 18.2 Å². The molecule has 3 aliphatic rings. The van der Waals surface area contributed by atoms with Crippen LogP contribution >= 0.6 is 0 Å². The summed E-state index contributed by atoms with van der Waals surface area (Å²) in [5.41, 5.74) is 2.18. The van der Waals surface area contributed by atoms with E-state index >= 15 is 0 Å². The highest BCUT2D eigenvalue weighted by Crippen LogP contribution is 2.40. The minimum absolute atomic E-state index is 0.00787. The van der Waals surface area contributed by atoms with Gasteiger partial charge < -0.3 is 16.0 Å². The van der Waals surface area contributed by atoms with Gasteiger partial charge in [0.15, 0.2) is 0 Å². The van der Waals surface area contributed by atoms with Gasteiger partial charge in [0, 0.05) is 34.8 Å². The molecule has 4 rings (SSSR count). The Kier molecular flexibility index (Phi) is 12.1. The highest BCUT2D eigenvalue weighted by molar-refractivity contribution is 5.99. The Hall–Kier alpha value is -2.37. The fraction of sp³-hybridized carbons (Fsp3) is 0.757. The van der Waals surface area contributed by atoms with E-state index in [2.05, 4.69) is 50.6 Å². The lowest BCUT2D eigenvalue weighted by molar-refractivity contribution is -0.122. The summed E-state index contributed by atoms with van der Waals surface area (Å²) in [4.78, 5) is 40.0. The summed E-state index contributed by atoms with van der Waals surface area (Å²) in [6.07, 6.45) is 17.0. The SMILES string of the molecule is CCCC1CCC(C(=O)Nc2cc(NC(=O)C3CCC(CCC)CC3)cc(NC(=O)C3CCC(C(C)(C)C)CC3)c2)CC1. The number of amides is 3. The molecule has 3 N–H and O–H groups in total. The minimum Gasteiger partial charge on any atom is -0.326 e. The molecule has 240 valence electrons. The second-order valence-corrected chi connectivity index (χ2v) is 15.2. The van der Waals surface area contributed by atoms with Gasteiger partial charge in [-0.25, -0.2) is 0 Å². The van der Waals surface area contributed by atoms with Crippen LogP contribution in [0.1, 0.15) is 137 Å². The van der Waals surface area contributed by atoms with Crippen LogP contribution in [-0.4, -0.2) is 17.7 Å². The molecule has 43 heavy (non-hydrogen) atoms. The van der Waals surface area contributed by atoms with Gasteiger partial charge in [0.1, 0.15) is 0 Å². The number of hydrogen-bond donors (Lipinski definition) is 3. The summed E-state index contributed by atoms with van der Waals surface area (Å²) < 4.78 is 0. The fourth-order valence-electron chi connectivity index (χ4n) is 8.04. The van der Waals surface area contributed by atoms with Crippen molar-refractivity contribution < 1.29 is 14.4 Å². The van der Waals surface area contributed by atoms with Crippen LogP contribution in [-0.2, 0) is 14.4 Å². The number of rotatable bonds is 10. The second kappa shape index (κ2) is 15.6. The third-order valence-corrected chi connectivity index (χ3v) is 10.9. The van der Waals surface area contributed by atoms with Crippen molar-refractivity contribution in [2.75, 3.05) is 16.0 Å². The van der Waals surface area contributed by atoms with Crippen molar-refractivity contribution in [1.29, 1.82) is 0 Å². The highest BCUT2D eigenvalue weighted by atomic mass is 16.2. The molecule has 0 atom stereocenters. The monoisotopic (exact) mass is 593 g/mol. The van der Waals surface area contributed by atoms with Gasteiger partial charge in [-0.3, -0.25) is 14.4 Å². The Morgan fingerprint density at radius 3 is 1.14 bits per heavy atom. The summed E-state index contributed by atoms with van der Waals surface area (Å²) in [6.45, 7) is 11.3. The quantitative estimate of drug-likeness (QED) is 0.252. The largest absolute Gasteiger partial charge is 0.326 e. The van der Waals surface area contributed by atoms with Crippen molar-refractivity contribution in [3.8, 4) is 0 Å². The second-order valence-electron chi connectivity index (χ2n) is 15.2. The van der Waals surface area contributed by atoms with E-state index in [0.717, 1.165) is 88.9 Å². The minimum atomic E-state index is -0.00787. The van der Waals surface area contributed by atoms with Gasteiger partial charge in [-0.2, -0.15) is 0 Å². The summed E-state index contributed by atoms with van der Waals surface area (Å²) in [6, 6.07) is 5.56. The van der Waals surface area contributed by atoms with Crippen LogP contribution in [0.2, 0.25) is 0 Å². The molecule has 0 unspecified atom stereocenters. The van der Waals surface area contributed by atoms with Gasteiger partial charge in [-0.1, -0.05) is 60.3 Å². The third-order valence-electron chi connectivity index (χ3n) is 10.9. The lowest BCUT2D eigenvalue weighted by atomic mass is 9.69. The molecule has 6 nitrogen and oxygen atoms in total. The Morgan fingerprint density at radius 2 is 0.860 bits per heavy atom. The molecule has 0 aliphatic heterocycles. The maximum Gasteiger partial charge on any atom is 0.227 e. The zero-order valence-corrected chi connectivity index (χ0v) is 27.7. The van der Waals surface area contributed by atoms with Crippen molar-refractivity contribution in [2.45, 2.75) is 137 Å². The van der Waals surface area contributed by atoms with Gasteiger partial charge in [-0.05, 0) is 118 Å². The molecule has 3 amide bonds. The van der Waals surface area contributed by atoms with Crippen LogP contribution < -0.4 is 16.0 Å². The van der Waals surface area contributed by atoms with E-state index in [4.69, 9.17) is 0 Å². The first-order valence-corrected chi connectivity index (χ1v) is 17.6. The average molecular weight is 594 g/mol. The molecular weight excluding hydrogens is 534 g/mol. The Morgan fingerprint density at radius 1 is 0.558 bits per heavy atom. The smallest absolute Gasteiger partial charge is 0.227 e.